The summed E-state index contributed by atoms with van der Waals surface area (Å²) in [6, 6.07) is 14.7. The van der Waals surface area contributed by atoms with Gasteiger partial charge in [-0.25, -0.2) is 9.69 Å². The van der Waals surface area contributed by atoms with E-state index in [9.17, 15) is 14.4 Å². The zero-order valence-corrected chi connectivity index (χ0v) is 21.0. The van der Waals surface area contributed by atoms with E-state index in [1.165, 1.54) is 4.90 Å². The number of nitrogens with zero attached hydrogens (tertiary/aromatic N) is 2. The molecule has 0 saturated carbocycles. The summed E-state index contributed by atoms with van der Waals surface area (Å²) >= 11 is 0. The fraction of sp³-hybridized carbons (Fsp3) is 0.444. The Hall–Kier alpha value is -3.27. The van der Waals surface area contributed by atoms with Gasteiger partial charge >= 0.3 is 6.03 Å². The van der Waals surface area contributed by atoms with Crippen molar-refractivity contribution in [2.24, 2.45) is 5.41 Å². The minimum Gasteiger partial charge on any atom is -0.395 e. The molecule has 36 heavy (non-hydrogen) atoms. The molecule has 9 nitrogen and oxygen atoms in total. The Labute approximate surface area is 212 Å². The van der Waals surface area contributed by atoms with Gasteiger partial charge in [0.25, 0.3) is 0 Å². The van der Waals surface area contributed by atoms with Crippen molar-refractivity contribution < 1.29 is 24.6 Å². The van der Waals surface area contributed by atoms with Gasteiger partial charge < -0.3 is 20.8 Å². The summed E-state index contributed by atoms with van der Waals surface area (Å²) in [4.78, 5) is 39.7. The molecule has 4 N–H and O–H groups in total. The fourth-order valence-corrected chi connectivity index (χ4v) is 4.08. The number of carbonyl (C=O) groups excluding carboxylic acids is 3. The monoisotopic (exact) mass is 496 g/mol. The highest BCUT2D eigenvalue weighted by Crippen LogP contribution is 2.36. The lowest BCUT2D eigenvalue weighted by Crippen LogP contribution is -2.63. The molecule has 2 aromatic rings. The van der Waals surface area contributed by atoms with Crippen molar-refractivity contribution in [2.45, 2.75) is 33.1 Å². The van der Waals surface area contributed by atoms with Gasteiger partial charge in [-0.1, -0.05) is 24.3 Å². The van der Waals surface area contributed by atoms with Gasteiger partial charge in [-0.15, -0.1) is 0 Å². The summed E-state index contributed by atoms with van der Waals surface area (Å²) in [5.74, 6) is -0.370. The third-order valence-electron chi connectivity index (χ3n) is 6.31. The van der Waals surface area contributed by atoms with Gasteiger partial charge in [0.15, 0.2) is 0 Å². The molecule has 194 valence electrons. The minimum atomic E-state index is -0.936. The van der Waals surface area contributed by atoms with Crippen LogP contribution in [0.15, 0.2) is 48.5 Å². The Morgan fingerprint density at radius 2 is 1.42 bits per heavy atom. The first-order valence-corrected chi connectivity index (χ1v) is 12.3. The lowest BCUT2D eigenvalue weighted by molar-refractivity contribution is -0.149. The molecule has 0 unspecified atom stereocenters. The fourth-order valence-electron chi connectivity index (χ4n) is 4.08. The summed E-state index contributed by atoms with van der Waals surface area (Å²) < 4.78 is 0. The number of urea groups is 1. The summed E-state index contributed by atoms with van der Waals surface area (Å²) in [5.41, 5.74) is 2.47. The van der Waals surface area contributed by atoms with Crippen molar-refractivity contribution in [3.8, 4) is 0 Å². The van der Waals surface area contributed by atoms with Crippen molar-refractivity contribution >= 4 is 29.2 Å². The molecule has 2 aromatic carbocycles. The maximum Gasteiger partial charge on any atom is 0.319 e. The van der Waals surface area contributed by atoms with Crippen LogP contribution in [0.3, 0.4) is 0 Å². The number of β-lactam (4-membered cyclic amide) rings is 2. The molecule has 0 radical (unpaired) electrons. The van der Waals surface area contributed by atoms with Gasteiger partial charge in [-0.3, -0.25) is 14.5 Å². The van der Waals surface area contributed by atoms with E-state index < -0.39 is 5.41 Å². The van der Waals surface area contributed by atoms with E-state index in [4.69, 9.17) is 10.2 Å². The predicted octanol–water partition coefficient (Wildman–Crippen LogP) is 2.37. The first-order valence-electron chi connectivity index (χ1n) is 12.3. The van der Waals surface area contributed by atoms with Crippen molar-refractivity contribution in [2.75, 3.05) is 49.6 Å². The van der Waals surface area contributed by atoms with Crippen molar-refractivity contribution in [3.63, 3.8) is 0 Å². The SMILES string of the molecule is CC1(C)C(=O)N(c2ccc(Cc3ccc(NC(=O)NCCCCN(CCO)CCO)cc3)cc2)C1=O. The van der Waals surface area contributed by atoms with Gasteiger partial charge in [0.2, 0.25) is 11.8 Å². The van der Waals surface area contributed by atoms with Crippen LogP contribution in [0.25, 0.3) is 0 Å². The molecule has 1 heterocycles. The molecule has 0 atom stereocenters. The molecule has 1 aliphatic heterocycles. The molecule has 4 amide bonds. The number of anilines is 2. The Bertz CT molecular complexity index is 1010. The van der Waals surface area contributed by atoms with Gasteiger partial charge in [0.05, 0.1) is 18.9 Å². The first kappa shape index (κ1) is 27.3. The summed E-state index contributed by atoms with van der Waals surface area (Å²) in [5, 5.41) is 23.7. The number of benzene rings is 2. The quantitative estimate of drug-likeness (QED) is 0.192. The van der Waals surface area contributed by atoms with Crippen LogP contribution < -0.4 is 15.5 Å². The van der Waals surface area contributed by atoms with Crippen LogP contribution in [0.4, 0.5) is 16.2 Å². The number of imide groups is 1. The van der Waals surface area contributed by atoms with Crippen LogP contribution in [0, 0.1) is 5.41 Å². The van der Waals surface area contributed by atoms with E-state index in [2.05, 4.69) is 10.6 Å². The van der Waals surface area contributed by atoms with Crippen molar-refractivity contribution in [3.05, 3.63) is 59.7 Å². The second kappa shape index (κ2) is 12.6. The summed E-state index contributed by atoms with van der Waals surface area (Å²) in [6.07, 6.45) is 2.35. The largest absolute Gasteiger partial charge is 0.395 e. The van der Waals surface area contributed by atoms with Gasteiger partial charge in [-0.2, -0.15) is 0 Å². The second-order valence-corrected chi connectivity index (χ2v) is 9.49. The number of hydrogen-bond acceptors (Lipinski definition) is 6. The molecule has 0 aromatic heterocycles. The molecule has 0 spiro atoms. The van der Waals surface area contributed by atoms with E-state index in [0.29, 0.717) is 37.4 Å². The van der Waals surface area contributed by atoms with E-state index in [1.54, 1.807) is 26.0 Å². The highest BCUT2D eigenvalue weighted by Gasteiger charge is 2.54. The third kappa shape index (κ3) is 6.90. The second-order valence-electron chi connectivity index (χ2n) is 9.49. The molecular weight excluding hydrogens is 460 g/mol. The Balaban J connectivity index is 1.40. The number of carbonyl (C=O) groups is 3. The average Bonchev–Trinajstić information content (AvgIpc) is 2.86. The highest BCUT2D eigenvalue weighted by molar-refractivity contribution is 6.35. The van der Waals surface area contributed by atoms with Crippen LogP contribution in [0.5, 0.6) is 0 Å². The molecule has 1 aliphatic rings. The van der Waals surface area contributed by atoms with Gasteiger partial charge in [-0.05, 0) is 75.0 Å². The van der Waals surface area contributed by atoms with Gasteiger partial charge in [0.1, 0.15) is 5.41 Å². The zero-order valence-electron chi connectivity index (χ0n) is 21.0. The standard InChI is InChI=1S/C27H36N4O5/c1-27(2)24(34)31(25(27)35)23-11-7-21(8-12-23)19-20-5-9-22(10-6-20)29-26(36)28-13-3-4-14-30(15-17-32)16-18-33/h5-12,32-33H,3-4,13-19H2,1-2H3,(H2,28,29,36). The number of hydrogen-bond donors (Lipinski definition) is 4. The maximum absolute atomic E-state index is 12.2. The van der Waals surface area contributed by atoms with E-state index >= 15 is 0 Å². The van der Waals surface area contributed by atoms with Crippen LogP contribution in [0.2, 0.25) is 0 Å². The minimum absolute atomic E-state index is 0.0629. The molecule has 1 saturated heterocycles. The molecular formula is C27H36N4O5. The number of aliphatic hydroxyl groups is 2. The highest BCUT2D eigenvalue weighted by atomic mass is 16.3. The zero-order chi connectivity index (χ0) is 26.1. The normalized spacial score (nSPS) is 14.6. The van der Waals surface area contributed by atoms with E-state index in [0.717, 1.165) is 30.5 Å². The Morgan fingerprint density at radius 1 is 0.861 bits per heavy atom. The average molecular weight is 497 g/mol. The molecule has 9 heteroatoms. The molecule has 3 rings (SSSR count). The van der Waals surface area contributed by atoms with Crippen LogP contribution in [-0.2, 0) is 16.0 Å². The van der Waals surface area contributed by atoms with Crippen LogP contribution in [0.1, 0.15) is 37.8 Å². The lowest BCUT2D eigenvalue weighted by Gasteiger charge is -2.41. The number of unbranched alkanes of at least 4 members (excludes halogenated alkanes) is 1. The third-order valence-corrected chi connectivity index (χ3v) is 6.31. The first-order chi connectivity index (χ1) is 17.3. The number of rotatable bonds is 13. The smallest absolute Gasteiger partial charge is 0.319 e. The predicted molar refractivity (Wildman–Crippen MR) is 139 cm³/mol. The van der Waals surface area contributed by atoms with Crippen molar-refractivity contribution in [1.82, 2.24) is 10.2 Å². The van der Waals surface area contributed by atoms with Crippen LogP contribution >= 0.6 is 0 Å². The summed E-state index contributed by atoms with van der Waals surface area (Å²) in [6.45, 7) is 5.78. The van der Waals surface area contributed by atoms with Crippen LogP contribution in [-0.4, -0.2) is 72.4 Å². The number of amides is 4. The molecule has 0 bridgehead atoms. The maximum atomic E-state index is 12.2. The molecule has 0 aliphatic carbocycles. The van der Waals surface area contributed by atoms with Crippen molar-refractivity contribution in [1.29, 1.82) is 0 Å². The number of aliphatic hydroxyl groups excluding tert-OH is 2. The number of nitrogens with one attached hydrogen (secondary N) is 2. The van der Waals surface area contributed by atoms with Gasteiger partial charge in [0, 0.05) is 25.3 Å². The topological polar surface area (TPSA) is 122 Å². The van der Waals surface area contributed by atoms with E-state index in [1.807, 2.05) is 41.3 Å². The molecule has 1 fully saturated rings. The Kier molecular flexibility index (Phi) is 9.58. The lowest BCUT2D eigenvalue weighted by atomic mass is 9.81. The van der Waals surface area contributed by atoms with E-state index in [-0.39, 0.29) is 31.1 Å². The Morgan fingerprint density at radius 3 is 1.97 bits per heavy atom. The summed E-state index contributed by atoms with van der Waals surface area (Å²) in [7, 11) is 0.